The van der Waals surface area contributed by atoms with Gasteiger partial charge in [0, 0.05) is 23.7 Å². The van der Waals surface area contributed by atoms with Crippen LogP contribution in [0.1, 0.15) is 17.0 Å². The quantitative estimate of drug-likeness (QED) is 0.866. The summed E-state index contributed by atoms with van der Waals surface area (Å²) in [4.78, 5) is 0. The van der Waals surface area contributed by atoms with Crippen LogP contribution in [0.5, 0.6) is 0 Å². The number of hydrogen-bond acceptors (Lipinski definition) is 1. The van der Waals surface area contributed by atoms with E-state index >= 15 is 0 Å². The van der Waals surface area contributed by atoms with E-state index < -0.39 is 0 Å². The number of benzene rings is 1. The normalized spacial score (nSPS) is 10.8. The van der Waals surface area contributed by atoms with Crippen molar-refractivity contribution in [3.63, 3.8) is 0 Å². The summed E-state index contributed by atoms with van der Waals surface area (Å²) >= 11 is 0. The molecule has 1 aromatic carbocycles. The van der Waals surface area contributed by atoms with Gasteiger partial charge in [-0.2, -0.15) is 0 Å². The molecule has 0 radical (unpaired) electrons. The van der Waals surface area contributed by atoms with Gasteiger partial charge in [0.15, 0.2) is 0 Å². The first kappa shape index (κ1) is 11.9. The Kier molecular flexibility index (Phi) is 3.29. The van der Waals surface area contributed by atoms with E-state index in [1.807, 2.05) is 26.0 Å². The second-order valence-corrected chi connectivity index (χ2v) is 4.20. The first-order valence-corrected chi connectivity index (χ1v) is 5.68. The Labute approximate surface area is 100 Å². The highest BCUT2D eigenvalue weighted by Gasteiger charge is 2.09. The molecule has 2 rings (SSSR count). The number of rotatable bonds is 3. The third-order valence-corrected chi connectivity index (χ3v) is 2.93. The number of aliphatic hydroxyl groups excluding tert-OH is 1. The summed E-state index contributed by atoms with van der Waals surface area (Å²) in [6.07, 6.45) is 0.462. The molecule has 1 heterocycles. The Morgan fingerprint density at radius 3 is 2.35 bits per heavy atom. The van der Waals surface area contributed by atoms with E-state index in [4.69, 9.17) is 5.11 Å². The first-order valence-electron chi connectivity index (χ1n) is 5.68. The Balaban J connectivity index is 2.58. The Bertz CT molecular complexity index is 512. The molecule has 0 fully saturated rings. The molecule has 0 aliphatic carbocycles. The van der Waals surface area contributed by atoms with Crippen molar-refractivity contribution in [1.29, 1.82) is 0 Å². The van der Waals surface area contributed by atoms with E-state index in [2.05, 4.69) is 4.57 Å². The molecule has 0 aliphatic heterocycles. The molecule has 0 spiro atoms. The average molecular weight is 233 g/mol. The molecule has 0 unspecified atom stereocenters. The Hall–Kier alpha value is -1.61. The van der Waals surface area contributed by atoms with Crippen molar-refractivity contribution < 1.29 is 9.50 Å². The lowest BCUT2D eigenvalue weighted by atomic mass is 10.1. The van der Waals surface area contributed by atoms with Gasteiger partial charge in [0.1, 0.15) is 5.82 Å². The van der Waals surface area contributed by atoms with Crippen LogP contribution in [0.25, 0.3) is 5.69 Å². The van der Waals surface area contributed by atoms with Gasteiger partial charge in [-0.1, -0.05) is 0 Å². The molecule has 1 aromatic heterocycles. The Morgan fingerprint density at radius 2 is 1.76 bits per heavy atom. The van der Waals surface area contributed by atoms with E-state index in [1.54, 1.807) is 6.07 Å². The molecule has 2 nitrogen and oxygen atoms in total. The maximum absolute atomic E-state index is 13.2. The molecule has 0 bridgehead atoms. The summed E-state index contributed by atoms with van der Waals surface area (Å²) in [6.45, 7) is 4.05. The zero-order chi connectivity index (χ0) is 12.4. The molecule has 0 saturated carbocycles. The van der Waals surface area contributed by atoms with E-state index in [9.17, 15) is 4.39 Å². The van der Waals surface area contributed by atoms with Gasteiger partial charge in [-0.15, -0.1) is 0 Å². The van der Waals surface area contributed by atoms with Gasteiger partial charge in [0.05, 0.1) is 0 Å². The molecule has 1 N–H and O–H groups in total. The molecule has 0 aliphatic rings. The highest BCUT2D eigenvalue weighted by molar-refractivity contribution is 5.45. The molecule has 0 atom stereocenters. The maximum Gasteiger partial charge on any atom is 0.123 e. The number of hydrogen-bond donors (Lipinski definition) is 1. The van der Waals surface area contributed by atoms with Gasteiger partial charge in [-0.3, -0.25) is 0 Å². The lowest BCUT2D eigenvalue weighted by Crippen LogP contribution is -2.05. The third kappa shape index (κ3) is 2.24. The second-order valence-electron chi connectivity index (χ2n) is 4.20. The van der Waals surface area contributed by atoms with Crippen LogP contribution in [0.3, 0.4) is 0 Å². The molecule has 0 amide bonds. The molecular weight excluding hydrogens is 217 g/mol. The van der Waals surface area contributed by atoms with Crippen LogP contribution in [0.15, 0.2) is 30.3 Å². The van der Waals surface area contributed by atoms with Gasteiger partial charge >= 0.3 is 0 Å². The molecule has 2 aromatic rings. The van der Waals surface area contributed by atoms with Gasteiger partial charge in [0.2, 0.25) is 0 Å². The molecule has 90 valence electrons. The van der Waals surface area contributed by atoms with Crippen LogP contribution in [0.4, 0.5) is 4.39 Å². The van der Waals surface area contributed by atoms with Crippen LogP contribution in [-0.2, 0) is 6.42 Å². The van der Waals surface area contributed by atoms with Gasteiger partial charge in [-0.05, 0) is 56.2 Å². The summed E-state index contributed by atoms with van der Waals surface area (Å²) < 4.78 is 15.3. The average Bonchev–Trinajstić information content (AvgIpc) is 2.61. The molecule has 0 saturated heterocycles. The Morgan fingerprint density at radius 1 is 1.12 bits per heavy atom. The maximum atomic E-state index is 13.2. The predicted octanol–water partition coefficient (Wildman–Crippen LogP) is 2.77. The smallest absolute Gasteiger partial charge is 0.123 e. The van der Waals surface area contributed by atoms with Gasteiger partial charge in [0.25, 0.3) is 0 Å². The van der Waals surface area contributed by atoms with Gasteiger partial charge < -0.3 is 9.67 Å². The molecular formula is C14H16FNO. The summed E-state index contributed by atoms with van der Waals surface area (Å²) in [5.41, 5.74) is 3.98. The van der Waals surface area contributed by atoms with Crippen molar-refractivity contribution in [2.75, 3.05) is 6.61 Å². The fourth-order valence-corrected chi connectivity index (χ4v) is 2.14. The van der Waals surface area contributed by atoms with Crippen LogP contribution >= 0.6 is 0 Å². The fraction of sp³-hybridized carbons (Fsp3) is 0.286. The lowest BCUT2D eigenvalue weighted by Gasteiger charge is -2.14. The predicted molar refractivity (Wildman–Crippen MR) is 66.0 cm³/mol. The standard InChI is InChI=1S/C14H16FNO/c1-10-3-4-11(2)16(10)14-6-5-13(15)9-12(14)7-8-17/h3-6,9,17H,7-8H2,1-2H3. The molecule has 17 heavy (non-hydrogen) atoms. The summed E-state index contributed by atoms with van der Waals surface area (Å²) in [5.74, 6) is -0.264. The van der Waals surface area contributed by atoms with Crippen LogP contribution in [0.2, 0.25) is 0 Å². The van der Waals surface area contributed by atoms with Crippen molar-refractivity contribution in [1.82, 2.24) is 4.57 Å². The topological polar surface area (TPSA) is 25.2 Å². The number of nitrogens with zero attached hydrogens (tertiary/aromatic N) is 1. The van der Waals surface area contributed by atoms with Crippen molar-refractivity contribution in [3.8, 4) is 5.69 Å². The highest BCUT2D eigenvalue weighted by Crippen LogP contribution is 2.21. The summed E-state index contributed by atoms with van der Waals surface area (Å²) in [5, 5.41) is 9.04. The van der Waals surface area contributed by atoms with Gasteiger partial charge in [-0.25, -0.2) is 4.39 Å². The first-order chi connectivity index (χ1) is 8.13. The van der Waals surface area contributed by atoms with E-state index in [0.29, 0.717) is 6.42 Å². The monoisotopic (exact) mass is 233 g/mol. The lowest BCUT2D eigenvalue weighted by molar-refractivity contribution is 0.299. The molecule has 3 heteroatoms. The number of aromatic nitrogens is 1. The minimum Gasteiger partial charge on any atom is -0.396 e. The highest BCUT2D eigenvalue weighted by atomic mass is 19.1. The zero-order valence-corrected chi connectivity index (χ0v) is 10.1. The minimum atomic E-state index is -0.264. The number of aliphatic hydroxyl groups is 1. The van der Waals surface area contributed by atoms with E-state index in [0.717, 1.165) is 22.6 Å². The number of halogens is 1. The SMILES string of the molecule is Cc1ccc(C)n1-c1ccc(F)cc1CCO. The van der Waals surface area contributed by atoms with Crippen LogP contribution < -0.4 is 0 Å². The largest absolute Gasteiger partial charge is 0.396 e. The van der Waals surface area contributed by atoms with Crippen LogP contribution in [0, 0.1) is 19.7 Å². The van der Waals surface area contributed by atoms with E-state index in [1.165, 1.54) is 12.1 Å². The van der Waals surface area contributed by atoms with Crippen molar-refractivity contribution in [2.45, 2.75) is 20.3 Å². The third-order valence-electron chi connectivity index (χ3n) is 2.93. The van der Waals surface area contributed by atoms with Crippen molar-refractivity contribution >= 4 is 0 Å². The van der Waals surface area contributed by atoms with Crippen LogP contribution in [-0.4, -0.2) is 16.3 Å². The summed E-state index contributed by atoms with van der Waals surface area (Å²) in [6, 6.07) is 8.77. The number of aryl methyl sites for hydroxylation is 2. The minimum absolute atomic E-state index is 0.0236. The fourth-order valence-electron chi connectivity index (χ4n) is 2.14. The van der Waals surface area contributed by atoms with Crippen molar-refractivity contribution in [2.24, 2.45) is 0 Å². The summed E-state index contributed by atoms with van der Waals surface area (Å²) in [7, 11) is 0. The zero-order valence-electron chi connectivity index (χ0n) is 10.1. The van der Waals surface area contributed by atoms with Crippen molar-refractivity contribution in [3.05, 3.63) is 53.1 Å². The van der Waals surface area contributed by atoms with E-state index in [-0.39, 0.29) is 12.4 Å². The second kappa shape index (κ2) is 4.72.